The van der Waals surface area contributed by atoms with Crippen molar-refractivity contribution < 1.29 is 9.66 Å². The first-order valence-electron chi connectivity index (χ1n) is 5.43. The van der Waals surface area contributed by atoms with Crippen molar-refractivity contribution in [2.24, 2.45) is 5.84 Å². The molecule has 0 atom stereocenters. The minimum Gasteiger partial charge on any atom is -0.431 e. The second kappa shape index (κ2) is 5.68. The fourth-order valence-electron chi connectivity index (χ4n) is 1.42. The summed E-state index contributed by atoms with van der Waals surface area (Å²) in [6, 6.07) is 4.01. The van der Waals surface area contributed by atoms with Crippen LogP contribution in [0.2, 0.25) is 5.02 Å². The first kappa shape index (κ1) is 14.0. The Labute approximate surface area is 118 Å². The number of nitrogens with zero attached hydrogens (tertiary/aromatic N) is 3. The number of hydrogen-bond acceptors (Lipinski definition) is 7. The molecule has 2 rings (SSSR count). The van der Waals surface area contributed by atoms with Crippen molar-refractivity contribution in [1.29, 1.82) is 0 Å². The minimum absolute atomic E-state index is 0.00716. The molecule has 8 nitrogen and oxygen atoms in total. The number of aromatic nitrogens is 2. The Morgan fingerprint density at radius 2 is 2.25 bits per heavy atom. The van der Waals surface area contributed by atoms with Gasteiger partial charge >= 0.3 is 5.69 Å². The van der Waals surface area contributed by atoms with Crippen LogP contribution in [-0.2, 0) is 0 Å². The lowest BCUT2D eigenvalue weighted by Crippen LogP contribution is -2.11. The highest BCUT2D eigenvalue weighted by Crippen LogP contribution is 2.34. The number of aryl methyl sites for hydroxylation is 1. The van der Waals surface area contributed by atoms with Crippen LogP contribution in [0.25, 0.3) is 0 Å². The number of ether oxygens (including phenoxy) is 1. The number of rotatable bonds is 4. The van der Waals surface area contributed by atoms with Crippen LogP contribution in [0.5, 0.6) is 11.6 Å². The number of anilines is 1. The van der Waals surface area contributed by atoms with Gasteiger partial charge in [0.1, 0.15) is 0 Å². The number of nitro groups is 1. The first-order valence-corrected chi connectivity index (χ1v) is 5.81. The van der Waals surface area contributed by atoms with Gasteiger partial charge in [-0.1, -0.05) is 11.6 Å². The lowest BCUT2D eigenvalue weighted by atomic mass is 10.3. The fraction of sp³-hybridized carbons (Fsp3) is 0.0909. The third-order valence-corrected chi connectivity index (χ3v) is 2.61. The molecule has 0 spiro atoms. The van der Waals surface area contributed by atoms with E-state index in [1.165, 1.54) is 24.4 Å². The molecule has 0 unspecified atom stereocenters. The van der Waals surface area contributed by atoms with Gasteiger partial charge in [0.2, 0.25) is 17.6 Å². The number of hydrazine groups is 1. The molecular formula is C11H10ClN5O3. The zero-order valence-electron chi connectivity index (χ0n) is 10.3. The van der Waals surface area contributed by atoms with Gasteiger partial charge in [-0.05, 0) is 13.0 Å². The number of nitro benzene ring substituents is 1. The van der Waals surface area contributed by atoms with Crippen LogP contribution in [0.3, 0.4) is 0 Å². The molecule has 0 saturated carbocycles. The van der Waals surface area contributed by atoms with E-state index in [1.807, 2.05) is 0 Å². The molecule has 0 aliphatic rings. The minimum atomic E-state index is -0.565. The Hall–Kier alpha value is -2.45. The van der Waals surface area contributed by atoms with Gasteiger partial charge in [-0.25, -0.2) is 10.8 Å². The van der Waals surface area contributed by atoms with Crippen molar-refractivity contribution in [2.45, 2.75) is 6.92 Å². The average Bonchev–Trinajstić information content (AvgIpc) is 2.41. The first-order chi connectivity index (χ1) is 9.51. The van der Waals surface area contributed by atoms with Crippen LogP contribution in [0, 0.1) is 17.0 Å². The molecule has 104 valence electrons. The van der Waals surface area contributed by atoms with E-state index < -0.39 is 4.92 Å². The van der Waals surface area contributed by atoms with Crippen LogP contribution in [0.15, 0.2) is 24.4 Å². The average molecular weight is 296 g/mol. The molecule has 0 amide bonds. The summed E-state index contributed by atoms with van der Waals surface area (Å²) in [5, 5.41) is 11.3. The molecule has 0 aliphatic carbocycles. The van der Waals surface area contributed by atoms with E-state index in [4.69, 9.17) is 22.2 Å². The maximum absolute atomic E-state index is 10.9. The molecule has 0 aliphatic heterocycles. The molecule has 1 aromatic heterocycles. The molecule has 0 saturated heterocycles. The molecule has 2 aromatic rings. The van der Waals surface area contributed by atoms with Gasteiger partial charge in [-0.15, -0.1) is 0 Å². The number of nitrogen functional groups attached to an aromatic ring is 1. The number of halogens is 1. The van der Waals surface area contributed by atoms with Crippen molar-refractivity contribution >= 4 is 23.2 Å². The normalized spacial score (nSPS) is 10.2. The van der Waals surface area contributed by atoms with Gasteiger partial charge in [0, 0.05) is 28.9 Å². The quantitative estimate of drug-likeness (QED) is 0.505. The van der Waals surface area contributed by atoms with Gasteiger partial charge < -0.3 is 4.74 Å². The smallest absolute Gasteiger partial charge is 0.311 e. The zero-order chi connectivity index (χ0) is 14.7. The Kier molecular flexibility index (Phi) is 3.97. The lowest BCUT2D eigenvalue weighted by molar-refractivity contribution is -0.385. The summed E-state index contributed by atoms with van der Waals surface area (Å²) in [6.45, 7) is 1.70. The van der Waals surface area contributed by atoms with Crippen molar-refractivity contribution in [2.75, 3.05) is 5.43 Å². The summed E-state index contributed by atoms with van der Waals surface area (Å²) in [5.74, 6) is 5.48. The van der Waals surface area contributed by atoms with E-state index in [0.717, 1.165) is 0 Å². The fourth-order valence-corrected chi connectivity index (χ4v) is 1.59. The maximum Gasteiger partial charge on any atom is 0.311 e. The van der Waals surface area contributed by atoms with Crippen molar-refractivity contribution in [3.63, 3.8) is 0 Å². The van der Waals surface area contributed by atoms with Gasteiger partial charge in [0.15, 0.2) is 0 Å². The molecule has 0 bridgehead atoms. The van der Waals surface area contributed by atoms with E-state index in [0.29, 0.717) is 10.6 Å². The largest absolute Gasteiger partial charge is 0.431 e. The highest BCUT2D eigenvalue weighted by molar-refractivity contribution is 6.30. The number of benzene rings is 1. The summed E-state index contributed by atoms with van der Waals surface area (Å²) >= 11 is 5.82. The van der Waals surface area contributed by atoms with Gasteiger partial charge in [0.25, 0.3) is 0 Å². The summed E-state index contributed by atoms with van der Waals surface area (Å²) in [6.07, 6.45) is 1.48. The second-order valence-corrected chi connectivity index (χ2v) is 4.23. The zero-order valence-corrected chi connectivity index (χ0v) is 11.1. The molecule has 20 heavy (non-hydrogen) atoms. The molecular weight excluding hydrogens is 286 g/mol. The van der Waals surface area contributed by atoms with Crippen LogP contribution in [0.1, 0.15) is 5.56 Å². The topological polar surface area (TPSA) is 116 Å². The summed E-state index contributed by atoms with van der Waals surface area (Å²) in [4.78, 5) is 18.3. The van der Waals surface area contributed by atoms with Gasteiger partial charge in [-0.2, -0.15) is 4.98 Å². The Balaban J connectivity index is 2.43. The van der Waals surface area contributed by atoms with Crippen LogP contribution in [0.4, 0.5) is 11.6 Å². The van der Waals surface area contributed by atoms with Gasteiger partial charge in [-0.3, -0.25) is 15.5 Å². The van der Waals surface area contributed by atoms with Crippen molar-refractivity contribution in [3.8, 4) is 11.6 Å². The van der Waals surface area contributed by atoms with Crippen LogP contribution >= 0.6 is 11.6 Å². The highest BCUT2D eigenvalue weighted by Gasteiger charge is 2.18. The van der Waals surface area contributed by atoms with Crippen LogP contribution in [-0.4, -0.2) is 14.9 Å². The van der Waals surface area contributed by atoms with Gasteiger partial charge in [0.05, 0.1) is 4.92 Å². The highest BCUT2D eigenvalue weighted by atomic mass is 35.5. The van der Waals surface area contributed by atoms with Crippen molar-refractivity contribution in [1.82, 2.24) is 9.97 Å². The van der Waals surface area contributed by atoms with E-state index in [2.05, 4.69) is 15.4 Å². The molecule has 0 fully saturated rings. The van der Waals surface area contributed by atoms with Crippen LogP contribution < -0.4 is 16.0 Å². The third-order valence-electron chi connectivity index (χ3n) is 2.38. The predicted molar refractivity (Wildman–Crippen MR) is 72.8 cm³/mol. The Morgan fingerprint density at radius 1 is 1.50 bits per heavy atom. The van der Waals surface area contributed by atoms with E-state index in [9.17, 15) is 10.1 Å². The molecule has 3 N–H and O–H groups in total. The summed E-state index contributed by atoms with van der Waals surface area (Å²) in [5.41, 5.74) is 2.65. The summed E-state index contributed by atoms with van der Waals surface area (Å²) < 4.78 is 5.45. The third kappa shape index (κ3) is 2.92. The Bertz CT molecular complexity index is 665. The monoisotopic (exact) mass is 295 g/mol. The second-order valence-electron chi connectivity index (χ2n) is 3.80. The predicted octanol–water partition coefficient (Wildman–Crippen LogP) is 2.42. The molecule has 0 radical (unpaired) electrons. The summed E-state index contributed by atoms with van der Waals surface area (Å²) in [7, 11) is 0. The standard InChI is InChI=1S/C11H10ClN5O3/c1-6-5-14-11(16-13)15-10(6)20-9-4-7(12)2-3-8(9)17(18)19/h2-5H,13H2,1H3,(H,14,15,16). The van der Waals surface area contributed by atoms with E-state index in [1.54, 1.807) is 6.92 Å². The number of nitrogens with one attached hydrogen (secondary N) is 1. The maximum atomic E-state index is 10.9. The molecule has 1 aromatic carbocycles. The number of nitrogens with two attached hydrogens (primary N) is 1. The van der Waals surface area contributed by atoms with E-state index >= 15 is 0 Å². The number of hydrogen-bond donors (Lipinski definition) is 2. The Morgan fingerprint density at radius 3 is 2.90 bits per heavy atom. The molecule has 1 heterocycles. The lowest BCUT2D eigenvalue weighted by Gasteiger charge is -2.09. The van der Waals surface area contributed by atoms with Crippen molar-refractivity contribution in [3.05, 3.63) is 45.1 Å². The SMILES string of the molecule is Cc1cnc(NN)nc1Oc1cc(Cl)ccc1[N+](=O)[O-]. The molecule has 9 heteroatoms. The van der Waals surface area contributed by atoms with E-state index in [-0.39, 0.29) is 23.3 Å².